The smallest absolute Gasteiger partial charge is 0.0940 e. The molecule has 0 saturated carbocycles. The lowest BCUT2D eigenvalue weighted by molar-refractivity contribution is 0.459. The summed E-state index contributed by atoms with van der Waals surface area (Å²) in [5.74, 6) is 1.42. The number of furan rings is 1. The highest BCUT2D eigenvalue weighted by molar-refractivity contribution is 5.32. The summed E-state index contributed by atoms with van der Waals surface area (Å²) in [4.78, 5) is 0. The zero-order chi connectivity index (χ0) is 8.55. The number of rotatable bonds is 2. The number of hydrogen-bond donors (Lipinski definition) is 1. The van der Waals surface area contributed by atoms with Gasteiger partial charge in [-0.25, -0.2) is 0 Å². The fourth-order valence-corrected chi connectivity index (χ4v) is 2.15. The van der Waals surface area contributed by atoms with Gasteiger partial charge in [0, 0.05) is 12.5 Å². The second-order valence-corrected chi connectivity index (χ2v) is 3.70. The van der Waals surface area contributed by atoms with E-state index in [-0.39, 0.29) is 0 Å². The average molecular weight is 165 g/mol. The molecule has 0 amide bonds. The molecule has 1 aromatic rings. The molecule has 1 aliphatic rings. The van der Waals surface area contributed by atoms with E-state index in [1.54, 1.807) is 0 Å². The van der Waals surface area contributed by atoms with E-state index in [1.807, 2.05) is 19.6 Å². The van der Waals surface area contributed by atoms with Gasteiger partial charge in [-0.1, -0.05) is 6.92 Å². The molecule has 1 aliphatic carbocycles. The minimum atomic E-state index is 0.656. The van der Waals surface area contributed by atoms with Crippen molar-refractivity contribution in [1.82, 2.24) is 5.32 Å². The Balaban J connectivity index is 2.23. The van der Waals surface area contributed by atoms with Gasteiger partial charge in [-0.15, -0.1) is 0 Å². The van der Waals surface area contributed by atoms with E-state index in [9.17, 15) is 0 Å². The first-order chi connectivity index (χ1) is 5.83. The minimum absolute atomic E-state index is 0.656. The summed E-state index contributed by atoms with van der Waals surface area (Å²) >= 11 is 0. The van der Waals surface area contributed by atoms with E-state index in [2.05, 4.69) is 12.2 Å². The Morgan fingerprint density at radius 1 is 1.58 bits per heavy atom. The summed E-state index contributed by atoms with van der Waals surface area (Å²) in [5.41, 5.74) is 2.82. The molecule has 0 fully saturated rings. The standard InChI is InChI=1S/C10H15NO/c1-7-3-8-5-12-6-10(8)9(7)4-11-2/h5-7,9,11H,3-4H2,1-2H3. The van der Waals surface area contributed by atoms with Gasteiger partial charge in [0.05, 0.1) is 12.5 Å². The molecule has 2 nitrogen and oxygen atoms in total. The molecule has 1 aromatic heterocycles. The fraction of sp³-hybridized carbons (Fsp3) is 0.600. The third kappa shape index (κ3) is 1.07. The fourth-order valence-electron chi connectivity index (χ4n) is 2.15. The van der Waals surface area contributed by atoms with Crippen LogP contribution in [0.4, 0.5) is 0 Å². The van der Waals surface area contributed by atoms with Crippen LogP contribution >= 0.6 is 0 Å². The molecule has 0 radical (unpaired) electrons. The van der Waals surface area contributed by atoms with Crippen LogP contribution in [0, 0.1) is 5.92 Å². The molecular formula is C10H15NO. The van der Waals surface area contributed by atoms with Crippen molar-refractivity contribution in [2.75, 3.05) is 13.6 Å². The van der Waals surface area contributed by atoms with E-state index in [4.69, 9.17) is 4.42 Å². The Labute approximate surface area is 73.0 Å². The molecule has 12 heavy (non-hydrogen) atoms. The minimum Gasteiger partial charge on any atom is -0.472 e. The number of hydrogen-bond acceptors (Lipinski definition) is 2. The highest BCUT2D eigenvalue weighted by Crippen LogP contribution is 2.37. The quantitative estimate of drug-likeness (QED) is 0.722. The largest absolute Gasteiger partial charge is 0.472 e. The van der Waals surface area contributed by atoms with E-state index in [1.165, 1.54) is 17.5 Å². The molecule has 66 valence electrons. The number of likely N-dealkylation sites (N-methyl/N-ethyl adjacent to an activating group) is 1. The molecule has 0 aromatic carbocycles. The van der Waals surface area contributed by atoms with E-state index < -0.39 is 0 Å². The van der Waals surface area contributed by atoms with Crippen LogP contribution in [0.15, 0.2) is 16.9 Å². The molecular weight excluding hydrogens is 150 g/mol. The van der Waals surface area contributed by atoms with Crippen LogP contribution in [0.2, 0.25) is 0 Å². The van der Waals surface area contributed by atoms with Crippen molar-refractivity contribution in [3.05, 3.63) is 23.7 Å². The van der Waals surface area contributed by atoms with Crippen LogP contribution in [-0.4, -0.2) is 13.6 Å². The lowest BCUT2D eigenvalue weighted by atomic mass is 9.95. The van der Waals surface area contributed by atoms with Gasteiger partial charge in [0.2, 0.25) is 0 Å². The second kappa shape index (κ2) is 2.94. The highest BCUT2D eigenvalue weighted by atomic mass is 16.3. The van der Waals surface area contributed by atoms with E-state index in [0.29, 0.717) is 5.92 Å². The SMILES string of the molecule is CNCC1c2cocc2CC1C. The molecule has 2 unspecified atom stereocenters. The predicted octanol–water partition coefficient (Wildman–Crippen LogP) is 1.77. The van der Waals surface area contributed by atoms with E-state index >= 15 is 0 Å². The van der Waals surface area contributed by atoms with Crippen molar-refractivity contribution in [2.24, 2.45) is 5.92 Å². The van der Waals surface area contributed by atoms with Crippen LogP contribution < -0.4 is 5.32 Å². The first-order valence-corrected chi connectivity index (χ1v) is 4.52. The number of nitrogens with one attached hydrogen (secondary N) is 1. The average Bonchev–Trinajstić information content (AvgIpc) is 2.56. The molecule has 2 heteroatoms. The summed E-state index contributed by atoms with van der Waals surface area (Å²) in [7, 11) is 2.00. The van der Waals surface area contributed by atoms with Crippen molar-refractivity contribution in [1.29, 1.82) is 0 Å². The predicted molar refractivity (Wildman–Crippen MR) is 48.2 cm³/mol. The monoisotopic (exact) mass is 165 g/mol. The Bertz CT molecular complexity index is 267. The molecule has 1 N–H and O–H groups in total. The second-order valence-electron chi connectivity index (χ2n) is 3.70. The molecule has 0 aliphatic heterocycles. The summed E-state index contributed by atoms with van der Waals surface area (Å²) in [6.45, 7) is 3.37. The molecule has 2 rings (SSSR count). The number of fused-ring (bicyclic) bond motifs is 1. The lowest BCUT2D eigenvalue weighted by Gasteiger charge is -2.14. The van der Waals surface area contributed by atoms with E-state index in [0.717, 1.165) is 12.5 Å². The summed E-state index contributed by atoms with van der Waals surface area (Å²) in [5, 5.41) is 3.23. The zero-order valence-electron chi connectivity index (χ0n) is 7.63. The van der Waals surface area contributed by atoms with Crippen molar-refractivity contribution < 1.29 is 4.42 Å². The maximum Gasteiger partial charge on any atom is 0.0940 e. The van der Waals surface area contributed by atoms with Crippen molar-refractivity contribution in [3.8, 4) is 0 Å². The first kappa shape index (κ1) is 7.87. The highest BCUT2D eigenvalue weighted by Gasteiger charge is 2.29. The van der Waals surface area contributed by atoms with Crippen LogP contribution in [0.1, 0.15) is 24.0 Å². The van der Waals surface area contributed by atoms with Gasteiger partial charge < -0.3 is 9.73 Å². The van der Waals surface area contributed by atoms with Crippen LogP contribution in [-0.2, 0) is 6.42 Å². The van der Waals surface area contributed by atoms with Gasteiger partial charge in [0.15, 0.2) is 0 Å². The van der Waals surface area contributed by atoms with Crippen molar-refractivity contribution in [2.45, 2.75) is 19.3 Å². The van der Waals surface area contributed by atoms with Gasteiger partial charge in [-0.05, 0) is 30.5 Å². The van der Waals surface area contributed by atoms with Gasteiger partial charge in [-0.3, -0.25) is 0 Å². The topological polar surface area (TPSA) is 25.2 Å². The van der Waals surface area contributed by atoms with Crippen LogP contribution in [0.5, 0.6) is 0 Å². The third-order valence-corrected chi connectivity index (χ3v) is 2.83. The van der Waals surface area contributed by atoms with Crippen LogP contribution in [0.25, 0.3) is 0 Å². The Morgan fingerprint density at radius 2 is 2.42 bits per heavy atom. The van der Waals surface area contributed by atoms with Crippen molar-refractivity contribution in [3.63, 3.8) is 0 Å². The van der Waals surface area contributed by atoms with Gasteiger partial charge in [0.1, 0.15) is 0 Å². The molecule has 0 spiro atoms. The van der Waals surface area contributed by atoms with Gasteiger partial charge in [0.25, 0.3) is 0 Å². The molecule has 2 atom stereocenters. The Hall–Kier alpha value is -0.760. The maximum atomic E-state index is 5.18. The summed E-state index contributed by atoms with van der Waals surface area (Å²) in [6, 6.07) is 0. The van der Waals surface area contributed by atoms with Crippen LogP contribution in [0.3, 0.4) is 0 Å². The Kier molecular flexibility index (Phi) is 1.93. The summed E-state index contributed by atoms with van der Waals surface area (Å²) < 4.78 is 5.18. The summed E-state index contributed by atoms with van der Waals surface area (Å²) in [6.07, 6.45) is 4.97. The Morgan fingerprint density at radius 3 is 3.17 bits per heavy atom. The van der Waals surface area contributed by atoms with Gasteiger partial charge >= 0.3 is 0 Å². The van der Waals surface area contributed by atoms with Crippen molar-refractivity contribution >= 4 is 0 Å². The zero-order valence-corrected chi connectivity index (χ0v) is 7.63. The first-order valence-electron chi connectivity index (χ1n) is 4.52. The molecule has 1 heterocycles. The lowest BCUT2D eigenvalue weighted by Crippen LogP contribution is -2.19. The van der Waals surface area contributed by atoms with Gasteiger partial charge in [-0.2, -0.15) is 0 Å². The molecule has 0 bridgehead atoms. The third-order valence-electron chi connectivity index (χ3n) is 2.83. The normalized spacial score (nSPS) is 27.5. The maximum absolute atomic E-state index is 5.18. The molecule has 0 saturated heterocycles.